The molecule has 3 rings (SSSR count). The van der Waals surface area contributed by atoms with Crippen molar-refractivity contribution < 1.29 is 23.8 Å². The number of piperidine rings is 1. The monoisotopic (exact) mass is 424 g/mol. The molecule has 0 aromatic heterocycles. The van der Waals surface area contributed by atoms with Gasteiger partial charge in [0, 0.05) is 13.1 Å². The fraction of sp³-hybridized carbons (Fsp3) is 0.619. The fourth-order valence-electron chi connectivity index (χ4n) is 3.50. The van der Waals surface area contributed by atoms with Crippen molar-refractivity contribution in [2.45, 2.75) is 58.1 Å². The lowest BCUT2D eigenvalue weighted by Gasteiger charge is -2.35. The number of halogens is 1. The highest BCUT2D eigenvalue weighted by molar-refractivity contribution is 6.32. The number of likely N-dealkylation sites (tertiary alicyclic amines) is 1. The molecule has 7 nitrogen and oxygen atoms in total. The molecule has 1 atom stereocenters. The molecule has 2 amide bonds. The van der Waals surface area contributed by atoms with Crippen LogP contribution >= 0.6 is 11.6 Å². The van der Waals surface area contributed by atoms with Crippen molar-refractivity contribution in [3.63, 3.8) is 0 Å². The summed E-state index contributed by atoms with van der Waals surface area (Å²) in [6, 6.07) is 3.22. The van der Waals surface area contributed by atoms with E-state index < -0.39 is 17.7 Å². The van der Waals surface area contributed by atoms with Crippen molar-refractivity contribution in [1.82, 2.24) is 10.2 Å². The molecule has 0 spiro atoms. The molecule has 2 aliphatic rings. The van der Waals surface area contributed by atoms with E-state index in [1.807, 2.05) is 32.9 Å². The van der Waals surface area contributed by atoms with Crippen LogP contribution in [0.5, 0.6) is 11.5 Å². The Bertz CT molecular complexity index is 762. The van der Waals surface area contributed by atoms with Gasteiger partial charge in [0.2, 0.25) is 5.91 Å². The van der Waals surface area contributed by atoms with Gasteiger partial charge >= 0.3 is 6.09 Å². The summed E-state index contributed by atoms with van der Waals surface area (Å²) in [5.41, 5.74) is 0.361. The first-order valence-corrected chi connectivity index (χ1v) is 10.5. The fourth-order valence-corrected chi connectivity index (χ4v) is 3.79. The Balaban J connectivity index is 1.56. The minimum atomic E-state index is -0.590. The molecule has 160 valence electrons. The second-order valence-corrected chi connectivity index (χ2v) is 8.74. The van der Waals surface area contributed by atoms with Crippen LogP contribution in [0.1, 0.15) is 45.6 Å². The Kier molecular flexibility index (Phi) is 6.77. The van der Waals surface area contributed by atoms with Gasteiger partial charge in [-0.1, -0.05) is 11.6 Å². The van der Waals surface area contributed by atoms with Crippen molar-refractivity contribution in [1.29, 1.82) is 0 Å². The van der Waals surface area contributed by atoms with Crippen LogP contribution in [-0.2, 0) is 16.0 Å². The van der Waals surface area contributed by atoms with E-state index in [-0.39, 0.29) is 5.91 Å². The van der Waals surface area contributed by atoms with Gasteiger partial charge in [-0.05, 0) is 64.2 Å². The second kappa shape index (κ2) is 9.11. The maximum absolute atomic E-state index is 12.7. The summed E-state index contributed by atoms with van der Waals surface area (Å²) in [5.74, 6) is 1.05. The average molecular weight is 425 g/mol. The summed E-state index contributed by atoms with van der Waals surface area (Å²) in [6.45, 7) is 7.41. The van der Waals surface area contributed by atoms with Crippen molar-refractivity contribution in [3.8, 4) is 11.5 Å². The van der Waals surface area contributed by atoms with Crippen LogP contribution in [0.3, 0.4) is 0 Å². The summed E-state index contributed by atoms with van der Waals surface area (Å²) in [4.78, 5) is 26.8. The van der Waals surface area contributed by atoms with Crippen molar-refractivity contribution in [3.05, 3.63) is 22.7 Å². The molecule has 0 bridgehead atoms. The van der Waals surface area contributed by atoms with Gasteiger partial charge in [-0.15, -0.1) is 0 Å². The third-order valence-corrected chi connectivity index (χ3v) is 5.08. The number of nitrogens with one attached hydrogen (secondary N) is 1. The third-order valence-electron chi connectivity index (χ3n) is 4.80. The number of amides is 2. The topological polar surface area (TPSA) is 77.1 Å². The minimum Gasteiger partial charge on any atom is -0.486 e. The SMILES string of the molecule is CC(C)(C)OC(=O)N1CCCCC1C(=O)NCCc1cc(Cl)c2c(c1)OCCO2. The maximum Gasteiger partial charge on any atom is 0.410 e. The Labute approximate surface area is 176 Å². The van der Waals surface area contributed by atoms with Gasteiger partial charge in [0.25, 0.3) is 0 Å². The summed E-state index contributed by atoms with van der Waals surface area (Å²) >= 11 is 6.27. The number of fused-ring (bicyclic) bond motifs is 1. The Morgan fingerprint density at radius 1 is 1.24 bits per heavy atom. The van der Waals surface area contributed by atoms with E-state index in [0.717, 1.165) is 18.4 Å². The van der Waals surface area contributed by atoms with Gasteiger partial charge in [0.15, 0.2) is 11.5 Å². The van der Waals surface area contributed by atoms with E-state index in [2.05, 4.69) is 5.32 Å². The lowest BCUT2D eigenvalue weighted by atomic mass is 10.0. The zero-order chi connectivity index (χ0) is 21.0. The van der Waals surface area contributed by atoms with Gasteiger partial charge in [0.1, 0.15) is 24.9 Å². The molecular formula is C21H29ClN2O5. The smallest absolute Gasteiger partial charge is 0.410 e. The Hall–Kier alpha value is -2.15. The quantitative estimate of drug-likeness (QED) is 0.799. The number of carbonyl (C=O) groups excluding carboxylic acids is 2. The zero-order valence-corrected chi connectivity index (χ0v) is 18.0. The predicted octanol–water partition coefficient (Wildman–Crippen LogP) is 3.56. The molecule has 1 aromatic carbocycles. The highest BCUT2D eigenvalue weighted by Gasteiger charge is 2.34. The first kappa shape index (κ1) is 21.6. The molecule has 0 saturated carbocycles. The summed E-state index contributed by atoms with van der Waals surface area (Å²) in [6.07, 6.45) is 2.59. The van der Waals surface area contributed by atoms with Gasteiger partial charge in [-0.2, -0.15) is 0 Å². The number of hydrogen-bond donors (Lipinski definition) is 1. The van der Waals surface area contributed by atoms with E-state index in [1.54, 1.807) is 4.90 Å². The van der Waals surface area contributed by atoms with Crippen LogP contribution < -0.4 is 14.8 Å². The molecule has 1 N–H and O–H groups in total. The molecule has 0 radical (unpaired) electrons. The van der Waals surface area contributed by atoms with Crippen LogP contribution in [0.2, 0.25) is 5.02 Å². The molecule has 1 fully saturated rings. The van der Waals surface area contributed by atoms with Crippen LogP contribution in [0.25, 0.3) is 0 Å². The maximum atomic E-state index is 12.7. The summed E-state index contributed by atoms with van der Waals surface area (Å²) in [7, 11) is 0. The minimum absolute atomic E-state index is 0.154. The van der Waals surface area contributed by atoms with Crippen LogP contribution in [0.4, 0.5) is 4.79 Å². The number of nitrogens with zero attached hydrogens (tertiary/aromatic N) is 1. The lowest BCUT2D eigenvalue weighted by molar-refractivity contribution is -0.127. The first-order valence-electron chi connectivity index (χ1n) is 10.1. The number of benzene rings is 1. The molecular weight excluding hydrogens is 396 g/mol. The second-order valence-electron chi connectivity index (χ2n) is 8.33. The van der Waals surface area contributed by atoms with E-state index in [1.165, 1.54) is 0 Å². The molecule has 1 aromatic rings. The largest absolute Gasteiger partial charge is 0.486 e. The number of hydrogen-bond acceptors (Lipinski definition) is 5. The van der Waals surface area contributed by atoms with E-state index >= 15 is 0 Å². The third kappa shape index (κ3) is 5.69. The molecule has 1 unspecified atom stereocenters. The number of ether oxygens (including phenoxy) is 3. The molecule has 0 aliphatic carbocycles. The van der Waals surface area contributed by atoms with Gasteiger partial charge in [-0.25, -0.2) is 4.79 Å². The first-order chi connectivity index (χ1) is 13.7. The standard InChI is InChI=1S/C21H29ClN2O5/c1-21(2,3)29-20(26)24-9-5-4-6-16(24)19(25)23-8-7-14-12-15(22)18-17(13-14)27-10-11-28-18/h12-13,16H,4-11H2,1-3H3,(H,23,25). The van der Waals surface area contributed by atoms with Crippen molar-refractivity contribution in [2.24, 2.45) is 0 Å². The van der Waals surface area contributed by atoms with Gasteiger partial charge in [-0.3, -0.25) is 9.69 Å². The van der Waals surface area contributed by atoms with E-state index in [4.69, 9.17) is 25.8 Å². The highest BCUT2D eigenvalue weighted by Crippen LogP contribution is 2.38. The molecule has 1 saturated heterocycles. The lowest BCUT2D eigenvalue weighted by Crippen LogP contribution is -2.53. The molecule has 2 heterocycles. The molecule has 2 aliphatic heterocycles. The van der Waals surface area contributed by atoms with Crippen LogP contribution in [-0.4, -0.2) is 54.8 Å². The van der Waals surface area contributed by atoms with E-state index in [0.29, 0.717) is 55.7 Å². The van der Waals surface area contributed by atoms with Crippen molar-refractivity contribution in [2.75, 3.05) is 26.3 Å². The Morgan fingerprint density at radius 2 is 2.00 bits per heavy atom. The van der Waals surface area contributed by atoms with Gasteiger partial charge < -0.3 is 19.5 Å². The summed E-state index contributed by atoms with van der Waals surface area (Å²) in [5, 5.41) is 3.45. The average Bonchev–Trinajstić information content (AvgIpc) is 2.66. The number of carbonyl (C=O) groups is 2. The molecule has 29 heavy (non-hydrogen) atoms. The van der Waals surface area contributed by atoms with Gasteiger partial charge in [0.05, 0.1) is 5.02 Å². The van der Waals surface area contributed by atoms with Crippen LogP contribution in [0, 0.1) is 0 Å². The van der Waals surface area contributed by atoms with Crippen molar-refractivity contribution >= 4 is 23.6 Å². The number of rotatable bonds is 4. The zero-order valence-electron chi connectivity index (χ0n) is 17.3. The van der Waals surface area contributed by atoms with Crippen LogP contribution in [0.15, 0.2) is 12.1 Å². The predicted molar refractivity (Wildman–Crippen MR) is 110 cm³/mol. The van der Waals surface area contributed by atoms with E-state index in [9.17, 15) is 9.59 Å². The normalized spacial score (nSPS) is 18.9. The molecule has 8 heteroatoms. The highest BCUT2D eigenvalue weighted by atomic mass is 35.5. The Morgan fingerprint density at radius 3 is 2.76 bits per heavy atom. The summed E-state index contributed by atoms with van der Waals surface area (Å²) < 4.78 is 16.6.